The molecule has 4 nitrogen and oxygen atoms in total. The number of benzene rings is 1. The van der Waals surface area contributed by atoms with Crippen molar-refractivity contribution < 1.29 is 9.90 Å². The van der Waals surface area contributed by atoms with Gasteiger partial charge in [-0.1, -0.05) is 31.4 Å². The van der Waals surface area contributed by atoms with Crippen molar-refractivity contribution in [2.45, 2.75) is 51.2 Å². The van der Waals surface area contributed by atoms with Crippen LogP contribution in [-0.2, 0) is 0 Å². The van der Waals surface area contributed by atoms with Crippen LogP contribution in [-0.4, -0.2) is 20.4 Å². The zero-order chi connectivity index (χ0) is 17.8. The molecule has 1 N–H and O–H groups in total. The van der Waals surface area contributed by atoms with Gasteiger partial charge in [-0.05, 0) is 43.4 Å². The Morgan fingerprint density at radius 3 is 2.77 bits per heavy atom. The van der Waals surface area contributed by atoms with Crippen molar-refractivity contribution in [3.8, 4) is 11.3 Å². The number of hydrogen-bond donors (Lipinski definition) is 1. The number of carbonyl (C=O) groups is 1. The number of hydrogen-bond acceptors (Lipinski definition) is 3. The summed E-state index contributed by atoms with van der Waals surface area (Å²) in [4.78, 5) is 16.2. The Morgan fingerprint density at radius 2 is 2.00 bits per heavy atom. The summed E-state index contributed by atoms with van der Waals surface area (Å²) in [5.74, 6) is 0.553. The molecule has 4 heteroatoms. The molecule has 132 valence electrons. The molecule has 3 heterocycles. The molecule has 1 saturated carbocycles. The van der Waals surface area contributed by atoms with Crippen LogP contribution in [0.1, 0.15) is 72.7 Å². The fourth-order valence-electron chi connectivity index (χ4n) is 4.86. The summed E-state index contributed by atoms with van der Waals surface area (Å²) in [5, 5.41) is 12.2. The third-order valence-corrected chi connectivity index (χ3v) is 6.10. The van der Waals surface area contributed by atoms with Gasteiger partial charge in [0.25, 0.3) is 0 Å². The lowest BCUT2D eigenvalue weighted by atomic mass is 9.81. The van der Waals surface area contributed by atoms with E-state index < -0.39 is 6.23 Å². The van der Waals surface area contributed by atoms with Gasteiger partial charge < -0.3 is 9.67 Å². The first-order valence-electron chi connectivity index (χ1n) is 9.48. The molecule has 1 aliphatic heterocycles. The van der Waals surface area contributed by atoms with E-state index in [1.807, 2.05) is 29.0 Å². The Morgan fingerprint density at radius 1 is 1.19 bits per heavy atom. The lowest BCUT2D eigenvalue weighted by molar-refractivity contribution is 0.101. The topological polar surface area (TPSA) is 55.1 Å². The molecule has 5 rings (SSSR count). The van der Waals surface area contributed by atoms with Crippen LogP contribution in [0.4, 0.5) is 0 Å². The normalized spacial score (nSPS) is 19.5. The van der Waals surface area contributed by atoms with Crippen LogP contribution >= 0.6 is 0 Å². The van der Waals surface area contributed by atoms with Crippen LogP contribution in [0, 0.1) is 0 Å². The molecule has 2 aliphatic rings. The highest BCUT2D eigenvalue weighted by atomic mass is 16.3. The van der Waals surface area contributed by atoms with Gasteiger partial charge >= 0.3 is 0 Å². The van der Waals surface area contributed by atoms with Crippen LogP contribution in [0.25, 0.3) is 22.2 Å². The summed E-state index contributed by atoms with van der Waals surface area (Å²) in [5.41, 5.74) is 6.01. The predicted octanol–water partition coefficient (Wildman–Crippen LogP) is 4.81. The fourth-order valence-corrected chi connectivity index (χ4v) is 4.86. The van der Waals surface area contributed by atoms with Gasteiger partial charge in [0.1, 0.15) is 0 Å². The van der Waals surface area contributed by atoms with Crippen molar-refractivity contribution in [3.63, 3.8) is 0 Å². The molecule has 0 radical (unpaired) electrons. The van der Waals surface area contributed by atoms with Crippen LogP contribution in [0.5, 0.6) is 0 Å². The molecule has 1 fully saturated rings. The molecule has 0 saturated heterocycles. The molecule has 3 aromatic rings. The van der Waals surface area contributed by atoms with Gasteiger partial charge in [0.2, 0.25) is 0 Å². The highest BCUT2D eigenvalue weighted by molar-refractivity contribution is 6.01. The number of aliphatic hydroxyl groups excluding tert-OH is 1. The second kappa shape index (κ2) is 5.78. The van der Waals surface area contributed by atoms with Crippen molar-refractivity contribution >= 4 is 16.7 Å². The number of rotatable bonds is 2. The van der Waals surface area contributed by atoms with Crippen molar-refractivity contribution in [3.05, 3.63) is 53.3 Å². The minimum absolute atomic E-state index is 0.0494. The maximum Gasteiger partial charge on any atom is 0.159 e. The Balaban J connectivity index is 1.85. The number of pyridine rings is 1. The molecule has 1 aliphatic carbocycles. The van der Waals surface area contributed by atoms with Crippen molar-refractivity contribution in [1.82, 2.24) is 9.55 Å². The molecule has 0 bridgehead atoms. The number of Topliss-reactive ketones (excluding diaryl/α,β-unsaturated/α-hetero) is 1. The molecule has 0 amide bonds. The average Bonchev–Trinajstić information content (AvgIpc) is 3.16. The van der Waals surface area contributed by atoms with Gasteiger partial charge in [-0.3, -0.25) is 9.78 Å². The number of ketones is 1. The second-order valence-electron chi connectivity index (χ2n) is 7.59. The van der Waals surface area contributed by atoms with E-state index >= 15 is 0 Å². The third-order valence-electron chi connectivity index (χ3n) is 6.10. The molecular weight excluding hydrogens is 324 g/mol. The number of fused-ring (bicyclic) bond motifs is 5. The van der Waals surface area contributed by atoms with E-state index in [2.05, 4.69) is 11.1 Å². The zero-order valence-electron chi connectivity index (χ0n) is 14.9. The number of aromatic nitrogens is 2. The molecule has 26 heavy (non-hydrogen) atoms. The summed E-state index contributed by atoms with van der Waals surface area (Å²) < 4.78 is 2.01. The van der Waals surface area contributed by atoms with E-state index in [0.717, 1.165) is 22.3 Å². The Bertz CT molecular complexity index is 1030. The second-order valence-corrected chi connectivity index (χ2v) is 7.59. The van der Waals surface area contributed by atoms with Gasteiger partial charge in [-0.15, -0.1) is 0 Å². The van der Waals surface area contributed by atoms with Crippen molar-refractivity contribution in [2.75, 3.05) is 0 Å². The largest absolute Gasteiger partial charge is 0.369 e. The fraction of sp³-hybridized carbons (Fsp3) is 0.364. The van der Waals surface area contributed by atoms with Gasteiger partial charge in [0.15, 0.2) is 12.0 Å². The van der Waals surface area contributed by atoms with Gasteiger partial charge in [-0.25, -0.2) is 0 Å². The van der Waals surface area contributed by atoms with E-state index in [-0.39, 0.29) is 5.78 Å². The lowest BCUT2D eigenvalue weighted by Gasteiger charge is -2.22. The highest BCUT2D eigenvalue weighted by Crippen LogP contribution is 2.50. The standard InChI is InChI=1S/C22H22N2O2/c1-13(25)15-7-8-17-19(11-15)24-21(20(17)14-5-3-2-4-6-14)18-12-23-10-9-16(18)22(24)26/h7-12,14,22,26H,2-6H2,1H3. The summed E-state index contributed by atoms with van der Waals surface area (Å²) >= 11 is 0. The summed E-state index contributed by atoms with van der Waals surface area (Å²) in [6.07, 6.45) is 9.07. The van der Waals surface area contributed by atoms with Crippen LogP contribution in [0.2, 0.25) is 0 Å². The smallest absolute Gasteiger partial charge is 0.159 e. The number of aliphatic hydroxyl groups is 1. The zero-order valence-corrected chi connectivity index (χ0v) is 14.9. The van der Waals surface area contributed by atoms with Crippen molar-refractivity contribution in [2.24, 2.45) is 0 Å². The van der Waals surface area contributed by atoms with Crippen molar-refractivity contribution in [1.29, 1.82) is 0 Å². The highest BCUT2D eigenvalue weighted by Gasteiger charge is 2.35. The summed E-state index contributed by atoms with van der Waals surface area (Å²) in [6, 6.07) is 7.83. The first-order valence-corrected chi connectivity index (χ1v) is 9.48. The Hall–Kier alpha value is -2.46. The summed E-state index contributed by atoms with van der Waals surface area (Å²) in [6.45, 7) is 1.59. The number of nitrogens with zero attached hydrogens (tertiary/aromatic N) is 2. The molecule has 2 aromatic heterocycles. The third kappa shape index (κ3) is 2.12. The first-order chi connectivity index (χ1) is 12.7. The van der Waals surface area contributed by atoms with Gasteiger partial charge in [0, 0.05) is 34.5 Å². The quantitative estimate of drug-likeness (QED) is 0.678. The van der Waals surface area contributed by atoms with E-state index in [9.17, 15) is 9.90 Å². The average molecular weight is 346 g/mol. The van der Waals surface area contributed by atoms with Crippen LogP contribution in [0.3, 0.4) is 0 Å². The van der Waals surface area contributed by atoms with E-state index in [1.165, 1.54) is 43.1 Å². The van der Waals surface area contributed by atoms with Gasteiger partial charge in [-0.2, -0.15) is 0 Å². The van der Waals surface area contributed by atoms with E-state index in [1.54, 1.807) is 13.1 Å². The Kier molecular flexibility index (Phi) is 3.50. The molecule has 1 unspecified atom stereocenters. The SMILES string of the molecule is CC(=O)c1ccc2c(C3CCCCC3)c3n(c2c1)C(O)c1ccncc1-3. The summed E-state index contributed by atoms with van der Waals surface area (Å²) in [7, 11) is 0. The first kappa shape index (κ1) is 15.8. The maximum absolute atomic E-state index is 11.9. The lowest BCUT2D eigenvalue weighted by Crippen LogP contribution is -2.06. The molecule has 1 atom stereocenters. The van der Waals surface area contributed by atoms with Crippen LogP contribution in [0.15, 0.2) is 36.7 Å². The maximum atomic E-state index is 11.9. The van der Waals surface area contributed by atoms with E-state index in [4.69, 9.17) is 0 Å². The minimum Gasteiger partial charge on any atom is -0.369 e. The Labute approximate surface area is 152 Å². The predicted molar refractivity (Wildman–Crippen MR) is 101 cm³/mol. The molecular formula is C22H22N2O2. The monoisotopic (exact) mass is 346 g/mol. The minimum atomic E-state index is -0.718. The molecule has 1 aromatic carbocycles. The van der Waals surface area contributed by atoms with Gasteiger partial charge in [0.05, 0.1) is 11.2 Å². The molecule has 0 spiro atoms. The van der Waals surface area contributed by atoms with Crippen LogP contribution < -0.4 is 0 Å². The number of carbonyl (C=O) groups excluding carboxylic acids is 1. The van der Waals surface area contributed by atoms with E-state index in [0.29, 0.717) is 11.5 Å².